The van der Waals surface area contributed by atoms with Crippen LogP contribution in [0.3, 0.4) is 0 Å². The number of ether oxygens (including phenoxy) is 1. The zero-order valence-electron chi connectivity index (χ0n) is 11.8. The Morgan fingerprint density at radius 2 is 2.43 bits per heavy atom. The fraction of sp³-hybridized carbons (Fsp3) is 0.615. The highest BCUT2D eigenvalue weighted by molar-refractivity contribution is 6.31. The molecule has 1 fully saturated rings. The Morgan fingerprint density at radius 3 is 3.24 bits per heavy atom. The maximum absolute atomic E-state index is 6.24. The summed E-state index contributed by atoms with van der Waals surface area (Å²) in [7, 11) is 0. The summed E-state index contributed by atoms with van der Waals surface area (Å²) in [4.78, 5) is 2.34. The van der Waals surface area contributed by atoms with Gasteiger partial charge in [-0.1, -0.05) is 16.8 Å². The molecule has 21 heavy (non-hydrogen) atoms. The highest BCUT2D eigenvalue weighted by atomic mass is 35.5. The molecule has 0 bridgehead atoms. The molecule has 0 saturated carbocycles. The van der Waals surface area contributed by atoms with Crippen LogP contribution in [0, 0.1) is 6.92 Å². The number of aromatic amines is 1. The molecular weight excluding hydrogens is 292 g/mol. The first kappa shape index (κ1) is 13.2. The molecule has 2 atom stereocenters. The molecule has 2 aliphatic rings. The van der Waals surface area contributed by atoms with Crippen LogP contribution in [0.2, 0.25) is 5.02 Å². The maximum atomic E-state index is 6.24. The highest BCUT2D eigenvalue weighted by Gasteiger charge is 2.36. The zero-order valence-corrected chi connectivity index (χ0v) is 12.5. The Kier molecular flexibility index (Phi) is 3.20. The number of aromatic nitrogens is 5. The van der Waals surface area contributed by atoms with Crippen LogP contribution in [-0.4, -0.2) is 49.3 Å². The Hall–Kier alpha value is -1.44. The van der Waals surface area contributed by atoms with Crippen molar-refractivity contribution in [3.63, 3.8) is 0 Å². The number of nitrogens with one attached hydrogen (secondary N) is 1. The van der Waals surface area contributed by atoms with E-state index in [4.69, 9.17) is 16.3 Å². The second-order valence-corrected chi connectivity index (χ2v) is 6.10. The van der Waals surface area contributed by atoms with Crippen molar-refractivity contribution < 1.29 is 4.74 Å². The van der Waals surface area contributed by atoms with Gasteiger partial charge in [-0.2, -0.15) is 5.10 Å². The average Bonchev–Trinajstić information content (AvgIpc) is 3.09. The van der Waals surface area contributed by atoms with Gasteiger partial charge in [0.05, 0.1) is 47.1 Å². The summed E-state index contributed by atoms with van der Waals surface area (Å²) >= 11 is 6.24. The number of likely N-dealkylation sites (tertiary alicyclic amines) is 1. The number of H-pyrrole nitrogens is 1. The Morgan fingerprint density at radius 1 is 1.52 bits per heavy atom. The van der Waals surface area contributed by atoms with Crippen molar-refractivity contribution in [2.75, 3.05) is 13.1 Å². The van der Waals surface area contributed by atoms with Crippen molar-refractivity contribution in [2.24, 2.45) is 0 Å². The number of piperidine rings is 1. The molecule has 0 amide bonds. The average molecular weight is 309 g/mol. The van der Waals surface area contributed by atoms with Gasteiger partial charge in [0.15, 0.2) is 0 Å². The number of rotatable bonds is 2. The molecule has 112 valence electrons. The predicted octanol–water partition coefficient (Wildman–Crippen LogP) is 1.31. The van der Waals surface area contributed by atoms with Crippen molar-refractivity contribution in [1.82, 2.24) is 30.1 Å². The van der Waals surface area contributed by atoms with Crippen molar-refractivity contribution in [2.45, 2.75) is 38.6 Å². The lowest BCUT2D eigenvalue weighted by molar-refractivity contribution is -0.0706. The first-order valence-corrected chi connectivity index (χ1v) is 7.52. The van der Waals surface area contributed by atoms with Gasteiger partial charge < -0.3 is 4.74 Å². The molecule has 2 aliphatic heterocycles. The van der Waals surface area contributed by atoms with Crippen molar-refractivity contribution >= 4 is 11.6 Å². The van der Waals surface area contributed by atoms with Crippen molar-refractivity contribution in [3.05, 3.63) is 28.3 Å². The van der Waals surface area contributed by atoms with Gasteiger partial charge in [0.1, 0.15) is 0 Å². The molecule has 0 spiro atoms. The van der Waals surface area contributed by atoms with Crippen LogP contribution in [-0.2, 0) is 17.9 Å². The van der Waals surface area contributed by atoms with E-state index < -0.39 is 0 Å². The second kappa shape index (κ2) is 5.08. The van der Waals surface area contributed by atoms with E-state index >= 15 is 0 Å². The lowest BCUT2D eigenvalue weighted by Gasteiger charge is -2.40. The van der Waals surface area contributed by atoms with Crippen LogP contribution in [0.25, 0.3) is 0 Å². The molecule has 4 heterocycles. The third-order valence-corrected chi connectivity index (χ3v) is 4.83. The lowest BCUT2D eigenvalue weighted by Crippen LogP contribution is -2.48. The normalized spacial score (nSPS) is 25.6. The first-order chi connectivity index (χ1) is 10.2. The number of aryl methyl sites for hydroxylation is 1. The Bertz CT molecular complexity index is 653. The van der Waals surface area contributed by atoms with E-state index in [1.165, 1.54) is 0 Å². The van der Waals surface area contributed by atoms with Gasteiger partial charge in [-0.3, -0.25) is 10.00 Å². The van der Waals surface area contributed by atoms with E-state index in [1.807, 2.05) is 11.6 Å². The van der Waals surface area contributed by atoms with Gasteiger partial charge in [0, 0.05) is 19.6 Å². The minimum absolute atomic E-state index is 0.159. The van der Waals surface area contributed by atoms with E-state index in [-0.39, 0.29) is 6.10 Å². The number of nitrogens with zero attached hydrogens (tertiary/aromatic N) is 5. The summed E-state index contributed by atoms with van der Waals surface area (Å²) in [6.07, 6.45) is 2.95. The van der Waals surface area contributed by atoms with E-state index in [9.17, 15) is 0 Å². The minimum atomic E-state index is 0.159. The van der Waals surface area contributed by atoms with Crippen LogP contribution in [0.4, 0.5) is 0 Å². The minimum Gasteiger partial charge on any atom is -0.368 e. The third kappa shape index (κ3) is 2.25. The standard InChI is InChI=1S/C13H17ClN6O/c1-8-13(14)10(17-16-8)5-19-3-2-11-12(6-19)21-7-9-4-15-18-20(9)11/h4,11-12H,2-3,5-7H2,1H3,(H,16,17)/t11-,12-/m0/s1. The molecule has 0 radical (unpaired) electrons. The smallest absolute Gasteiger partial charge is 0.0951 e. The van der Waals surface area contributed by atoms with Gasteiger partial charge in [-0.05, 0) is 13.3 Å². The van der Waals surface area contributed by atoms with Gasteiger partial charge in [0.25, 0.3) is 0 Å². The van der Waals surface area contributed by atoms with Crippen LogP contribution in [0.5, 0.6) is 0 Å². The monoisotopic (exact) mass is 308 g/mol. The van der Waals surface area contributed by atoms with Gasteiger partial charge >= 0.3 is 0 Å². The maximum Gasteiger partial charge on any atom is 0.0951 e. The lowest BCUT2D eigenvalue weighted by atomic mass is 10.00. The topological polar surface area (TPSA) is 71.9 Å². The molecule has 0 aliphatic carbocycles. The molecule has 0 unspecified atom stereocenters. The molecule has 1 saturated heterocycles. The second-order valence-electron chi connectivity index (χ2n) is 5.72. The van der Waals surface area contributed by atoms with Gasteiger partial charge in [0.2, 0.25) is 0 Å². The first-order valence-electron chi connectivity index (χ1n) is 7.14. The van der Waals surface area contributed by atoms with Crippen LogP contribution in [0.1, 0.15) is 29.5 Å². The predicted molar refractivity (Wildman–Crippen MR) is 75.9 cm³/mol. The van der Waals surface area contributed by atoms with Crippen LogP contribution in [0.15, 0.2) is 6.20 Å². The molecular formula is C13H17ClN6O. The summed E-state index contributed by atoms with van der Waals surface area (Å²) < 4.78 is 7.99. The molecule has 1 N–H and O–H groups in total. The molecule has 2 aromatic rings. The fourth-order valence-corrected chi connectivity index (χ4v) is 3.32. The number of hydrogen-bond acceptors (Lipinski definition) is 5. The SMILES string of the molecule is Cc1[nH]nc(CN2CC[C@H]3[C@H](C2)OCc2cnnn23)c1Cl. The summed E-state index contributed by atoms with van der Waals surface area (Å²) in [6, 6.07) is 0.295. The highest BCUT2D eigenvalue weighted by Crippen LogP contribution is 2.31. The number of halogens is 1. The summed E-state index contributed by atoms with van der Waals surface area (Å²) in [6.45, 7) is 5.12. The quantitative estimate of drug-likeness (QED) is 0.905. The number of fused-ring (bicyclic) bond motifs is 3. The largest absolute Gasteiger partial charge is 0.368 e. The Balaban J connectivity index is 1.47. The Labute approximate surface area is 127 Å². The van der Waals surface area contributed by atoms with E-state index in [1.54, 1.807) is 6.20 Å². The molecule has 7 nitrogen and oxygen atoms in total. The number of hydrogen-bond donors (Lipinski definition) is 1. The van der Waals surface area contributed by atoms with Crippen LogP contribution < -0.4 is 0 Å². The van der Waals surface area contributed by atoms with Gasteiger partial charge in [-0.15, -0.1) is 5.10 Å². The summed E-state index contributed by atoms with van der Waals surface area (Å²) in [5.74, 6) is 0. The van der Waals surface area contributed by atoms with E-state index in [0.29, 0.717) is 12.6 Å². The zero-order chi connectivity index (χ0) is 14.4. The van der Waals surface area contributed by atoms with Crippen LogP contribution >= 0.6 is 11.6 Å². The molecule has 8 heteroatoms. The van der Waals surface area contributed by atoms with Crippen molar-refractivity contribution in [1.29, 1.82) is 0 Å². The molecule has 4 rings (SSSR count). The molecule has 0 aromatic carbocycles. The van der Waals surface area contributed by atoms with E-state index in [0.717, 1.165) is 48.2 Å². The van der Waals surface area contributed by atoms with E-state index in [2.05, 4.69) is 25.4 Å². The molecule has 2 aromatic heterocycles. The van der Waals surface area contributed by atoms with Gasteiger partial charge in [-0.25, -0.2) is 4.68 Å². The summed E-state index contributed by atoms with van der Waals surface area (Å²) in [5, 5.41) is 16.1. The summed E-state index contributed by atoms with van der Waals surface area (Å²) in [5.41, 5.74) is 2.89. The van der Waals surface area contributed by atoms with Crippen molar-refractivity contribution in [3.8, 4) is 0 Å². The fourth-order valence-electron chi connectivity index (χ4n) is 3.18. The third-order valence-electron chi connectivity index (χ3n) is 4.33.